The number of anilines is 4. The van der Waals surface area contributed by atoms with Crippen molar-refractivity contribution in [3.8, 4) is 0 Å². The second-order valence-electron chi connectivity index (χ2n) is 3.38. The van der Waals surface area contributed by atoms with Gasteiger partial charge in [-0.15, -0.1) is 0 Å². The van der Waals surface area contributed by atoms with Crippen LogP contribution in [0, 0.1) is 0 Å². The molecule has 2 aromatic heterocycles. The first kappa shape index (κ1) is 11.4. The summed E-state index contributed by atoms with van der Waals surface area (Å²) in [5.74, 6) is 6.28. The summed E-state index contributed by atoms with van der Waals surface area (Å²) in [7, 11) is 0. The van der Waals surface area contributed by atoms with E-state index in [9.17, 15) is 0 Å². The Morgan fingerprint density at radius 3 is 2.65 bits per heavy atom. The summed E-state index contributed by atoms with van der Waals surface area (Å²) >= 11 is 6.01. The number of nitrogen functional groups attached to an aromatic ring is 2. The highest BCUT2D eigenvalue weighted by atomic mass is 35.5. The summed E-state index contributed by atoms with van der Waals surface area (Å²) in [4.78, 5) is 7.94. The minimum atomic E-state index is 0.351. The van der Waals surface area contributed by atoms with Crippen LogP contribution < -0.4 is 22.3 Å². The number of hydrazine groups is 1. The van der Waals surface area contributed by atoms with Crippen molar-refractivity contribution in [3.05, 3.63) is 35.7 Å². The van der Waals surface area contributed by atoms with Crippen molar-refractivity contribution in [2.45, 2.75) is 0 Å². The highest BCUT2D eigenvalue weighted by Gasteiger charge is 2.13. The highest BCUT2D eigenvalue weighted by Crippen LogP contribution is 2.30. The lowest BCUT2D eigenvalue weighted by Gasteiger charge is -2.20. The molecule has 0 aliphatic heterocycles. The topological polar surface area (TPSA) is 107 Å². The molecule has 2 aromatic rings. The number of nitrogens with two attached hydrogens (primary N) is 3. The third kappa shape index (κ3) is 2.22. The van der Waals surface area contributed by atoms with E-state index in [0.717, 1.165) is 0 Å². The third-order valence-electron chi connectivity index (χ3n) is 2.16. The van der Waals surface area contributed by atoms with Crippen molar-refractivity contribution < 1.29 is 0 Å². The quantitative estimate of drug-likeness (QED) is 0.548. The van der Waals surface area contributed by atoms with Gasteiger partial charge in [0.05, 0.1) is 34.5 Å². The molecule has 0 fully saturated rings. The molecule has 17 heavy (non-hydrogen) atoms. The van der Waals surface area contributed by atoms with E-state index in [2.05, 4.69) is 9.97 Å². The molecule has 0 aliphatic rings. The number of aromatic nitrogens is 2. The van der Waals surface area contributed by atoms with E-state index >= 15 is 0 Å². The molecule has 0 spiro atoms. The van der Waals surface area contributed by atoms with Gasteiger partial charge in [0.25, 0.3) is 0 Å². The van der Waals surface area contributed by atoms with Gasteiger partial charge >= 0.3 is 0 Å². The number of pyridine rings is 2. The van der Waals surface area contributed by atoms with Crippen LogP contribution in [0.2, 0.25) is 5.02 Å². The Kier molecular flexibility index (Phi) is 2.99. The van der Waals surface area contributed by atoms with E-state index in [1.807, 2.05) is 0 Å². The SMILES string of the molecule is Nc1cnc(N(N)c2ccncc2N)c(Cl)c1. The average molecular weight is 251 g/mol. The molecule has 0 bridgehead atoms. The normalized spacial score (nSPS) is 10.2. The minimum absolute atomic E-state index is 0.351. The molecule has 88 valence electrons. The van der Waals surface area contributed by atoms with Crippen molar-refractivity contribution in [2.24, 2.45) is 5.84 Å². The van der Waals surface area contributed by atoms with Gasteiger partial charge in [0.2, 0.25) is 0 Å². The average Bonchev–Trinajstić information content (AvgIpc) is 2.29. The molecule has 7 heteroatoms. The molecule has 6 N–H and O–H groups in total. The lowest BCUT2D eigenvalue weighted by atomic mass is 10.3. The van der Waals surface area contributed by atoms with Crippen LogP contribution in [0.15, 0.2) is 30.7 Å². The molecule has 0 radical (unpaired) electrons. The molecule has 0 aliphatic carbocycles. The summed E-state index contributed by atoms with van der Waals surface area (Å²) in [5, 5.41) is 1.64. The van der Waals surface area contributed by atoms with Gasteiger partial charge in [0.1, 0.15) is 0 Å². The van der Waals surface area contributed by atoms with Crippen LogP contribution >= 0.6 is 11.6 Å². The predicted molar refractivity (Wildman–Crippen MR) is 68.6 cm³/mol. The largest absolute Gasteiger partial charge is 0.397 e. The van der Waals surface area contributed by atoms with E-state index in [0.29, 0.717) is 27.9 Å². The second kappa shape index (κ2) is 4.44. The Morgan fingerprint density at radius 2 is 2.00 bits per heavy atom. The Morgan fingerprint density at radius 1 is 1.24 bits per heavy atom. The fourth-order valence-corrected chi connectivity index (χ4v) is 1.62. The third-order valence-corrected chi connectivity index (χ3v) is 2.44. The first-order valence-corrected chi connectivity index (χ1v) is 5.12. The number of rotatable bonds is 2. The van der Waals surface area contributed by atoms with Gasteiger partial charge < -0.3 is 11.5 Å². The van der Waals surface area contributed by atoms with E-state index < -0.39 is 0 Å². The Balaban J connectivity index is 2.44. The van der Waals surface area contributed by atoms with Gasteiger partial charge in [0, 0.05) is 6.20 Å². The fourth-order valence-electron chi connectivity index (χ4n) is 1.36. The molecule has 0 unspecified atom stereocenters. The predicted octanol–water partition coefficient (Wildman–Crippen LogP) is 1.31. The monoisotopic (exact) mass is 250 g/mol. The zero-order valence-corrected chi connectivity index (χ0v) is 9.59. The van der Waals surface area contributed by atoms with Gasteiger partial charge in [-0.2, -0.15) is 0 Å². The van der Waals surface area contributed by atoms with Crippen molar-refractivity contribution >= 4 is 34.5 Å². The van der Waals surface area contributed by atoms with Crippen LogP contribution in [-0.2, 0) is 0 Å². The van der Waals surface area contributed by atoms with E-state index in [1.54, 1.807) is 18.3 Å². The van der Waals surface area contributed by atoms with Gasteiger partial charge in [-0.25, -0.2) is 10.8 Å². The van der Waals surface area contributed by atoms with E-state index in [1.165, 1.54) is 17.4 Å². The molecule has 0 amide bonds. The summed E-state index contributed by atoms with van der Waals surface area (Å²) in [5.41, 5.74) is 12.8. The smallest absolute Gasteiger partial charge is 0.166 e. The van der Waals surface area contributed by atoms with Crippen LogP contribution in [0.4, 0.5) is 22.9 Å². The van der Waals surface area contributed by atoms with E-state index in [4.69, 9.17) is 28.9 Å². The molecular formula is C10H11ClN6. The lowest BCUT2D eigenvalue weighted by Crippen LogP contribution is -2.27. The first-order valence-electron chi connectivity index (χ1n) is 4.75. The standard InChI is InChI=1S/C10H11ClN6/c11-7-3-6(12)4-16-10(7)17(14)9-1-2-15-5-8(9)13/h1-5H,12-14H2. The van der Waals surface area contributed by atoms with Gasteiger partial charge in [-0.05, 0) is 12.1 Å². The van der Waals surface area contributed by atoms with Gasteiger partial charge in [-0.1, -0.05) is 11.6 Å². The first-order chi connectivity index (χ1) is 8.09. The maximum Gasteiger partial charge on any atom is 0.166 e. The summed E-state index contributed by atoms with van der Waals surface area (Å²) in [6, 6.07) is 3.24. The number of hydrogen-bond acceptors (Lipinski definition) is 6. The van der Waals surface area contributed by atoms with Crippen LogP contribution in [0.1, 0.15) is 0 Å². The zero-order valence-electron chi connectivity index (χ0n) is 8.84. The second-order valence-corrected chi connectivity index (χ2v) is 3.79. The van der Waals surface area contributed by atoms with Crippen molar-refractivity contribution in [2.75, 3.05) is 16.5 Å². The van der Waals surface area contributed by atoms with Crippen LogP contribution in [0.3, 0.4) is 0 Å². The minimum Gasteiger partial charge on any atom is -0.397 e. The maximum absolute atomic E-state index is 6.01. The van der Waals surface area contributed by atoms with Crippen molar-refractivity contribution in [3.63, 3.8) is 0 Å². The van der Waals surface area contributed by atoms with Gasteiger partial charge in [0.15, 0.2) is 5.82 Å². The van der Waals surface area contributed by atoms with Crippen molar-refractivity contribution in [1.29, 1.82) is 0 Å². The molecule has 0 aromatic carbocycles. The molecule has 0 saturated carbocycles. The Bertz CT molecular complexity index is 544. The highest BCUT2D eigenvalue weighted by molar-refractivity contribution is 6.33. The van der Waals surface area contributed by atoms with Crippen LogP contribution in [0.25, 0.3) is 0 Å². The fraction of sp³-hybridized carbons (Fsp3) is 0. The summed E-state index contributed by atoms with van der Waals surface area (Å²) in [6.07, 6.45) is 4.55. The lowest BCUT2D eigenvalue weighted by molar-refractivity contribution is 1.04. The molecule has 0 atom stereocenters. The summed E-state index contributed by atoms with van der Waals surface area (Å²) in [6.45, 7) is 0. The number of halogens is 1. The molecular weight excluding hydrogens is 240 g/mol. The maximum atomic E-state index is 6.01. The number of nitrogens with zero attached hydrogens (tertiary/aromatic N) is 3. The Labute approximate surface area is 103 Å². The zero-order chi connectivity index (χ0) is 12.4. The number of hydrogen-bond donors (Lipinski definition) is 3. The molecule has 2 rings (SSSR count). The molecule has 6 nitrogen and oxygen atoms in total. The summed E-state index contributed by atoms with van der Waals surface area (Å²) < 4.78 is 0. The van der Waals surface area contributed by atoms with E-state index in [-0.39, 0.29) is 0 Å². The van der Waals surface area contributed by atoms with Gasteiger partial charge in [-0.3, -0.25) is 9.99 Å². The van der Waals surface area contributed by atoms with Crippen LogP contribution in [0.5, 0.6) is 0 Å². The Hall–Kier alpha value is -2.05. The molecule has 0 saturated heterocycles. The van der Waals surface area contributed by atoms with Crippen molar-refractivity contribution in [1.82, 2.24) is 9.97 Å². The van der Waals surface area contributed by atoms with Crippen LogP contribution in [-0.4, -0.2) is 9.97 Å². The molecule has 2 heterocycles.